The first-order valence-electron chi connectivity index (χ1n) is 10.4. The van der Waals surface area contributed by atoms with Gasteiger partial charge in [0, 0.05) is 17.7 Å². The van der Waals surface area contributed by atoms with Gasteiger partial charge in [-0.1, -0.05) is 67.0 Å². The van der Waals surface area contributed by atoms with E-state index in [1.165, 1.54) is 6.92 Å². The number of hydrogen-bond acceptors (Lipinski definition) is 5. The van der Waals surface area contributed by atoms with Crippen LogP contribution >= 0.6 is 15.9 Å². The third-order valence-electron chi connectivity index (χ3n) is 6.64. The molecule has 1 amide bonds. The SMILES string of the molecule is CC(=O)OC[C@H]1[C@H]2[C@H](Br)[C@H]([C@H]2O[Si](C)(C)C(C)(C)C)N1C(=O)OCc1ccccc1. The first-order valence-corrected chi connectivity index (χ1v) is 14.2. The van der Waals surface area contributed by atoms with Crippen LogP contribution in [0.4, 0.5) is 4.79 Å². The smallest absolute Gasteiger partial charge is 0.410 e. The highest BCUT2D eigenvalue weighted by atomic mass is 79.9. The van der Waals surface area contributed by atoms with Crippen molar-refractivity contribution in [2.45, 2.75) is 75.4 Å². The Morgan fingerprint density at radius 1 is 1.13 bits per heavy atom. The fraction of sp³-hybridized carbons (Fsp3) is 0.636. The number of rotatable bonds is 6. The second-order valence-corrected chi connectivity index (χ2v) is 15.5. The minimum atomic E-state index is -2.03. The van der Waals surface area contributed by atoms with Crippen LogP contribution in [-0.2, 0) is 25.3 Å². The minimum Gasteiger partial charge on any atom is -0.464 e. The molecular formula is C22H32BrNO5Si. The third-order valence-corrected chi connectivity index (χ3v) is 12.3. The summed E-state index contributed by atoms with van der Waals surface area (Å²) in [6, 6.07) is 9.20. The summed E-state index contributed by atoms with van der Waals surface area (Å²) in [6.45, 7) is 12.8. The van der Waals surface area contributed by atoms with Gasteiger partial charge in [0.1, 0.15) is 13.2 Å². The first kappa shape index (κ1) is 23.3. The zero-order chi connectivity index (χ0) is 22.3. The molecule has 3 fully saturated rings. The van der Waals surface area contributed by atoms with E-state index in [0.29, 0.717) is 0 Å². The van der Waals surface area contributed by atoms with E-state index in [1.54, 1.807) is 4.90 Å². The normalized spacial score (nSPS) is 28.1. The van der Waals surface area contributed by atoms with Crippen molar-refractivity contribution in [1.29, 1.82) is 0 Å². The van der Waals surface area contributed by atoms with Crippen LogP contribution in [0.1, 0.15) is 33.3 Å². The Kier molecular flexibility index (Phi) is 6.70. The van der Waals surface area contributed by atoms with Crippen LogP contribution in [0.3, 0.4) is 0 Å². The van der Waals surface area contributed by atoms with Gasteiger partial charge in [-0.15, -0.1) is 0 Å². The molecular weight excluding hydrogens is 466 g/mol. The lowest BCUT2D eigenvalue weighted by Gasteiger charge is -2.48. The molecule has 1 saturated carbocycles. The highest BCUT2D eigenvalue weighted by Gasteiger charge is 2.68. The van der Waals surface area contributed by atoms with Crippen LogP contribution in [0.2, 0.25) is 18.1 Å². The van der Waals surface area contributed by atoms with E-state index in [2.05, 4.69) is 49.8 Å². The lowest BCUT2D eigenvalue weighted by atomic mass is 9.79. The van der Waals surface area contributed by atoms with Crippen molar-refractivity contribution in [3.05, 3.63) is 35.9 Å². The fourth-order valence-electron chi connectivity index (χ4n) is 3.93. The maximum absolute atomic E-state index is 13.1. The molecule has 3 aliphatic rings. The van der Waals surface area contributed by atoms with Crippen LogP contribution < -0.4 is 0 Å². The van der Waals surface area contributed by atoms with Crippen molar-refractivity contribution < 1.29 is 23.5 Å². The van der Waals surface area contributed by atoms with Gasteiger partial charge < -0.3 is 13.9 Å². The molecule has 166 valence electrons. The molecule has 2 saturated heterocycles. The molecule has 0 spiro atoms. The Hall–Kier alpha value is -1.38. The molecule has 4 rings (SSSR count). The summed E-state index contributed by atoms with van der Waals surface area (Å²) in [5, 5.41) is 0.0634. The number of esters is 1. The summed E-state index contributed by atoms with van der Waals surface area (Å²) in [7, 11) is -2.03. The molecule has 1 aromatic carbocycles. The summed E-state index contributed by atoms with van der Waals surface area (Å²) in [4.78, 5) is 26.3. The minimum absolute atomic E-state index is 0.0627. The number of fused-ring (bicyclic) bond motifs is 1. The lowest BCUT2D eigenvalue weighted by Crippen LogP contribution is -2.60. The van der Waals surface area contributed by atoms with Gasteiger partial charge in [0.2, 0.25) is 0 Å². The maximum Gasteiger partial charge on any atom is 0.410 e. The number of carbonyl (C=O) groups excluding carboxylic acids is 2. The summed E-state index contributed by atoms with van der Waals surface area (Å²) < 4.78 is 17.6. The Bertz CT molecular complexity index is 781. The van der Waals surface area contributed by atoms with Gasteiger partial charge in [0.15, 0.2) is 8.32 Å². The van der Waals surface area contributed by atoms with E-state index in [-0.39, 0.29) is 53.2 Å². The van der Waals surface area contributed by atoms with Crippen molar-refractivity contribution in [1.82, 2.24) is 4.90 Å². The summed E-state index contributed by atoms with van der Waals surface area (Å²) in [5.41, 5.74) is 0.929. The molecule has 2 heterocycles. The molecule has 0 aromatic heterocycles. The van der Waals surface area contributed by atoms with Crippen LogP contribution in [-0.4, -0.2) is 54.9 Å². The predicted molar refractivity (Wildman–Crippen MR) is 121 cm³/mol. The first-order chi connectivity index (χ1) is 13.9. The van der Waals surface area contributed by atoms with Crippen molar-refractivity contribution in [3.63, 3.8) is 0 Å². The highest BCUT2D eigenvalue weighted by molar-refractivity contribution is 9.09. The Labute approximate surface area is 188 Å². The molecule has 1 aromatic rings. The van der Waals surface area contributed by atoms with E-state index in [1.807, 2.05) is 30.3 Å². The van der Waals surface area contributed by atoms with Crippen molar-refractivity contribution in [2.75, 3.05) is 6.61 Å². The summed E-state index contributed by atoms with van der Waals surface area (Å²) >= 11 is 3.75. The summed E-state index contributed by atoms with van der Waals surface area (Å²) in [6.07, 6.45) is -0.477. The number of hydrogen-bond donors (Lipinski definition) is 0. The van der Waals surface area contributed by atoms with Gasteiger partial charge in [-0.2, -0.15) is 0 Å². The van der Waals surface area contributed by atoms with Gasteiger partial charge in [0.25, 0.3) is 0 Å². The topological polar surface area (TPSA) is 65.1 Å². The van der Waals surface area contributed by atoms with E-state index >= 15 is 0 Å². The van der Waals surface area contributed by atoms with Gasteiger partial charge in [0.05, 0.1) is 18.2 Å². The molecule has 30 heavy (non-hydrogen) atoms. The van der Waals surface area contributed by atoms with Crippen LogP contribution in [0.25, 0.3) is 0 Å². The standard InChI is InChI=1S/C22H32BrNO5Si/c1-14(25)27-13-16-17-18(23)19(20(17)29-30(5,6)22(2,3)4)24(16)21(26)28-12-15-10-8-7-9-11-15/h7-11,16-20H,12-13H2,1-6H3/t16-,17-,18-,19+,20-/m0/s1. The van der Waals surface area contributed by atoms with Gasteiger partial charge in [-0.05, 0) is 23.7 Å². The monoisotopic (exact) mass is 497 g/mol. The zero-order valence-corrected chi connectivity index (χ0v) is 21.1. The average molecular weight is 498 g/mol. The quantitative estimate of drug-likeness (QED) is 0.323. The van der Waals surface area contributed by atoms with E-state index in [4.69, 9.17) is 13.9 Å². The number of carbonyl (C=O) groups is 2. The third kappa shape index (κ3) is 4.45. The number of amides is 1. The van der Waals surface area contributed by atoms with Gasteiger partial charge in [-0.3, -0.25) is 9.69 Å². The Morgan fingerprint density at radius 3 is 2.33 bits per heavy atom. The van der Waals surface area contributed by atoms with Crippen LogP contribution in [0.5, 0.6) is 0 Å². The van der Waals surface area contributed by atoms with Crippen LogP contribution in [0.15, 0.2) is 30.3 Å². The van der Waals surface area contributed by atoms with E-state index < -0.39 is 14.4 Å². The number of benzene rings is 1. The predicted octanol–water partition coefficient (Wildman–Crippen LogP) is 4.72. The van der Waals surface area contributed by atoms with Crippen molar-refractivity contribution >= 4 is 36.3 Å². The molecule has 5 atom stereocenters. The number of alkyl halides is 1. The highest BCUT2D eigenvalue weighted by Crippen LogP contribution is 2.54. The van der Waals surface area contributed by atoms with Gasteiger partial charge in [-0.25, -0.2) is 4.79 Å². The van der Waals surface area contributed by atoms with E-state index in [9.17, 15) is 9.59 Å². The molecule has 0 radical (unpaired) electrons. The van der Waals surface area contributed by atoms with Crippen molar-refractivity contribution in [3.8, 4) is 0 Å². The number of halogens is 1. The van der Waals surface area contributed by atoms with Crippen LogP contribution in [0, 0.1) is 5.92 Å². The van der Waals surface area contributed by atoms with Gasteiger partial charge >= 0.3 is 12.1 Å². The molecule has 0 unspecified atom stereocenters. The number of ether oxygens (including phenoxy) is 2. The Morgan fingerprint density at radius 2 is 1.77 bits per heavy atom. The number of nitrogens with zero attached hydrogens (tertiary/aromatic N) is 1. The molecule has 1 aliphatic carbocycles. The molecule has 2 bridgehead atoms. The average Bonchev–Trinajstić information content (AvgIpc) is 3.14. The molecule has 0 N–H and O–H groups in total. The van der Waals surface area contributed by atoms with E-state index in [0.717, 1.165) is 5.56 Å². The molecule has 6 nitrogen and oxygen atoms in total. The van der Waals surface area contributed by atoms with Crippen molar-refractivity contribution in [2.24, 2.45) is 5.92 Å². The zero-order valence-electron chi connectivity index (χ0n) is 18.6. The maximum atomic E-state index is 13.1. The fourth-order valence-corrected chi connectivity index (χ4v) is 6.47. The Balaban J connectivity index is 1.77. The largest absolute Gasteiger partial charge is 0.464 e. The second-order valence-electron chi connectivity index (χ2n) is 9.67. The summed E-state index contributed by atoms with van der Waals surface area (Å²) in [5.74, 6) is -0.294. The molecule has 2 aliphatic heterocycles. The lowest BCUT2D eigenvalue weighted by molar-refractivity contribution is -0.142. The second kappa shape index (κ2) is 8.63. The molecule has 8 heteroatoms.